The van der Waals surface area contributed by atoms with Crippen molar-refractivity contribution in [2.45, 2.75) is 19.4 Å². The number of non-ortho nitro benzene ring substituents is 1. The van der Waals surface area contributed by atoms with Crippen molar-refractivity contribution >= 4 is 44.1 Å². The molecular weight excluding hydrogens is 584 g/mol. The maximum Gasteiger partial charge on any atom is 0.274 e. The number of hydrazone groups is 1. The van der Waals surface area contributed by atoms with Gasteiger partial charge in [-0.25, -0.2) is 5.01 Å². The lowest BCUT2D eigenvalue weighted by Gasteiger charge is -2.22. The molecule has 0 spiro atoms. The molecule has 0 radical (unpaired) electrons. The molecule has 0 saturated carbocycles. The van der Waals surface area contributed by atoms with Gasteiger partial charge in [0.25, 0.3) is 17.2 Å². The molecule has 1 aliphatic rings. The molecule has 0 saturated heterocycles. The zero-order valence-corrected chi connectivity index (χ0v) is 23.5. The molecule has 41 heavy (non-hydrogen) atoms. The number of rotatable bonds is 5. The van der Waals surface area contributed by atoms with Gasteiger partial charge in [-0.05, 0) is 47.9 Å². The zero-order valence-electron chi connectivity index (χ0n) is 21.9. The Morgan fingerprint density at radius 2 is 1.73 bits per heavy atom. The van der Waals surface area contributed by atoms with Gasteiger partial charge in [-0.2, -0.15) is 5.10 Å². The minimum absolute atomic E-state index is 0.0855. The van der Waals surface area contributed by atoms with Crippen LogP contribution in [-0.4, -0.2) is 26.5 Å². The molecule has 4 aromatic carbocycles. The number of H-pyrrole nitrogens is 1. The molecule has 1 amide bonds. The largest absolute Gasteiger partial charge is 0.321 e. The molecule has 1 aromatic heterocycles. The molecule has 9 heteroatoms. The number of hydrogen-bond acceptors (Lipinski definition) is 5. The van der Waals surface area contributed by atoms with E-state index >= 15 is 0 Å². The van der Waals surface area contributed by atoms with Crippen LogP contribution in [-0.2, 0) is 0 Å². The van der Waals surface area contributed by atoms with E-state index in [1.165, 1.54) is 17.1 Å². The zero-order chi connectivity index (χ0) is 28.7. The van der Waals surface area contributed by atoms with E-state index < -0.39 is 11.0 Å². The molecule has 0 bridgehead atoms. The third kappa shape index (κ3) is 4.85. The second-order valence-electron chi connectivity index (χ2n) is 9.84. The average Bonchev–Trinajstić information content (AvgIpc) is 3.42. The Morgan fingerprint density at radius 1 is 0.976 bits per heavy atom. The molecule has 202 valence electrons. The lowest BCUT2D eigenvalue weighted by Crippen LogP contribution is -2.27. The summed E-state index contributed by atoms with van der Waals surface area (Å²) in [4.78, 5) is 41.8. The summed E-state index contributed by atoms with van der Waals surface area (Å²) in [6.45, 7) is 1.84. The van der Waals surface area contributed by atoms with Gasteiger partial charge in [0.15, 0.2) is 0 Å². The number of aryl methyl sites for hydroxylation is 1. The normalized spacial score (nSPS) is 14.7. The van der Waals surface area contributed by atoms with Crippen LogP contribution in [0, 0.1) is 17.0 Å². The van der Waals surface area contributed by atoms with Crippen LogP contribution < -0.4 is 5.56 Å². The minimum Gasteiger partial charge on any atom is -0.321 e. The van der Waals surface area contributed by atoms with Crippen molar-refractivity contribution in [3.8, 4) is 11.1 Å². The van der Waals surface area contributed by atoms with Gasteiger partial charge in [-0.1, -0.05) is 76.6 Å². The first-order valence-corrected chi connectivity index (χ1v) is 13.7. The number of hydrogen-bond donors (Lipinski definition) is 1. The summed E-state index contributed by atoms with van der Waals surface area (Å²) in [6, 6.07) is 28.0. The van der Waals surface area contributed by atoms with E-state index in [-0.39, 0.29) is 23.6 Å². The van der Waals surface area contributed by atoms with Crippen LogP contribution in [0.25, 0.3) is 22.0 Å². The van der Waals surface area contributed by atoms with E-state index in [2.05, 4.69) is 20.9 Å². The number of nitro groups is 1. The molecule has 1 atom stereocenters. The minimum atomic E-state index is -0.654. The Kier molecular flexibility index (Phi) is 6.80. The number of carbonyl (C=O) groups is 1. The number of fused-ring (bicyclic) bond motifs is 1. The third-order valence-corrected chi connectivity index (χ3v) is 7.78. The average molecular weight is 607 g/mol. The number of halogens is 1. The van der Waals surface area contributed by atoms with Gasteiger partial charge in [0.05, 0.1) is 22.2 Å². The molecule has 1 unspecified atom stereocenters. The van der Waals surface area contributed by atoms with E-state index in [4.69, 9.17) is 5.10 Å². The van der Waals surface area contributed by atoms with Crippen molar-refractivity contribution in [1.29, 1.82) is 0 Å². The van der Waals surface area contributed by atoms with E-state index in [0.717, 1.165) is 21.0 Å². The van der Waals surface area contributed by atoms with Crippen molar-refractivity contribution in [2.75, 3.05) is 0 Å². The highest BCUT2D eigenvalue weighted by atomic mass is 79.9. The number of nitrogens with one attached hydrogen (secondary N) is 1. The lowest BCUT2D eigenvalue weighted by molar-refractivity contribution is -0.384. The SMILES string of the molecule is Cc1ccccc1C(=O)N1N=C(c2c(-c3ccccc3)c3cc(Br)ccc3[nH]c2=O)CC1c1cccc([N+](=O)[O-])c1. The lowest BCUT2D eigenvalue weighted by atomic mass is 9.91. The van der Waals surface area contributed by atoms with Crippen LogP contribution in [0.15, 0.2) is 111 Å². The molecule has 6 rings (SSSR count). The van der Waals surface area contributed by atoms with Crippen molar-refractivity contribution < 1.29 is 9.72 Å². The summed E-state index contributed by atoms with van der Waals surface area (Å²) in [5.41, 5.74) is 4.36. The fourth-order valence-corrected chi connectivity index (χ4v) is 5.70. The van der Waals surface area contributed by atoms with Crippen LogP contribution in [0.3, 0.4) is 0 Å². The standard InChI is InChI=1S/C32H23BrN4O4/c1-19-8-5-6-13-24(19)32(39)36-28(21-11-7-12-23(16-21)37(40)41)18-27(35-36)30-29(20-9-3-2-4-10-20)25-17-22(33)14-15-26(25)34-31(30)38/h2-17,28H,18H2,1H3,(H,34,38). The third-order valence-electron chi connectivity index (χ3n) is 7.29. The molecule has 1 N–H and O–H groups in total. The first-order valence-electron chi connectivity index (χ1n) is 12.9. The van der Waals surface area contributed by atoms with Crippen LogP contribution >= 0.6 is 15.9 Å². The predicted molar refractivity (Wildman–Crippen MR) is 162 cm³/mol. The highest BCUT2D eigenvalue weighted by Gasteiger charge is 2.36. The first kappa shape index (κ1) is 26.3. The predicted octanol–water partition coefficient (Wildman–Crippen LogP) is 7.17. The van der Waals surface area contributed by atoms with Gasteiger partial charge in [-0.15, -0.1) is 0 Å². The first-order chi connectivity index (χ1) is 19.8. The van der Waals surface area contributed by atoms with Gasteiger partial charge < -0.3 is 4.98 Å². The van der Waals surface area contributed by atoms with E-state index in [1.807, 2.05) is 67.6 Å². The van der Waals surface area contributed by atoms with E-state index in [0.29, 0.717) is 33.5 Å². The Morgan fingerprint density at radius 3 is 2.49 bits per heavy atom. The summed E-state index contributed by atoms with van der Waals surface area (Å²) < 4.78 is 0.847. The Hall–Kier alpha value is -4.89. The number of nitro benzene ring substituents is 1. The number of pyridine rings is 1. The van der Waals surface area contributed by atoms with Crippen LogP contribution in [0.1, 0.15) is 39.5 Å². The van der Waals surface area contributed by atoms with Gasteiger partial charge in [0.2, 0.25) is 0 Å². The highest BCUT2D eigenvalue weighted by molar-refractivity contribution is 9.10. The molecule has 5 aromatic rings. The van der Waals surface area contributed by atoms with Crippen LogP contribution in [0.4, 0.5) is 5.69 Å². The van der Waals surface area contributed by atoms with Crippen LogP contribution in [0.5, 0.6) is 0 Å². The fourth-order valence-electron chi connectivity index (χ4n) is 5.34. The second kappa shape index (κ2) is 10.6. The maximum atomic E-state index is 13.9. The molecule has 8 nitrogen and oxygen atoms in total. The summed E-state index contributed by atoms with van der Waals surface area (Å²) in [5, 5.41) is 18.5. The fraction of sp³-hybridized carbons (Fsp3) is 0.0938. The van der Waals surface area contributed by atoms with Gasteiger partial charge in [-0.3, -0.25) is 19.7 Å². The number of carbonyl (C=O) groups excluding carboxylic acids is 1. The summed E-state index contributed by atoms with van der Waals surface area (Å²) in [5.74, 6) is -0.351. The molecule has 1 aliphatic heterocycles. The highest BCUT2D eigenvalue weighted by Crippen LogP contribution is 2.39. The van der Waals surface area contributed by atoms with Gasteiger partial charge >= 0.3 is 0 Å². The molecule has 0 fully saturated rings. The Bertz CT molecular complexity index is 1930. The monoisotopic (exact) mass is 606 g/mol. The Balaban J connectivity index is 1.58. The smallest absolute Gasteiger partial charge is 0.274 e. The van der Waals surface area contributed by atoms with Crippen LogP contribution in [0.2, 0.25) is 0 Å². The van der Waals surface area contributed by atoms with Crippen molar-refractivity contribution in [3.05, 3.63) is 144 Å². The quantitative estimate of drug-likeness (QED) is 0.169. The van der Waals surface area contributed by atoms with E-state index in [9.17, 15) is 19.7 Å². The van der Waals surface area contributed by atoms with Crippen molar-refractivity contribution in [1.82, 2.24) is 9.99 Å². The topological polar surface area (TPSA) is 109 Å². The summed E-state index contributed by atoms with van der Waals surface area (Å²) in [6.07, 6.45) is 0.196. The second-order valence-corrected chi connectivity index (χ2v) is 10.8. The molecule has 0 aliphatic carbocycles. The van der Waals surface area contributed by atoms with Gasteiger partial charge in [0, 0.05) is 45.1 Å². The van der Waals surface area contributed by atoms with E-state index in [1.54, 1.807) is 24.3 Å². The number of aromatic amines is 1. The number of nitrogens with zero attached hydrogens (tertiary/aromatic N) is 3. The maximum absolute atomic E-state index is 13.9. The summed E-state index contributed by atoms with van der Waals surface area (Å²) in [7, 11) is 0. The summed E-state index contributed by atoms with van der Waals surface area (Å²) >= 11 is 3.56. The number of amides is 1. The number of benzene rings is 4. The van der Waals surface area contributed by atoms with Crippen molar-refractivity contribution in [2.24, 2.45) is 5.10 Å². The Labute approximate surface area is 243 Å². The number of aromatic nitrogens is 1. The van der Waals surface area contributed by atoms with Gasteiger partial charge in [0.1, 0.15) is 0 Å². The molecule has 2 heterocycles. The molecular formula is C32H23BrN4O4. The van der Waals surface area contributed by atoms with Crippen molar-refractivity contribution in [3.63, 3.8) is 0 Å².